The van der Waals surface area contributed by atoms with E-state index in [2.05, 4.69) is 18.1 Å². The second-order valence-corrected chi connectivity index (χ2v) is 5.09. The summed E-state index contributed by atoms with van der Waals surface area (Å²) in [5, 5.41) is 5.54. The lowest BCUT2D eigenvalue weighted by Gasteiger charge is -1.94. The summed E-state index contributed by atoms with van der Waals surface area (Å²) in [5.41, 5.74) is 12.6. The van der Waals surface area contributed by atoms with E-state index in [0.717, 1.165) is 10.7 Å². The van der Waals surface area contributed by atoms with Crippen LogP contribution in [0, 0.1) is 0 Å². The first-order valence-corrected chi connectivity index (χ1v) is 6.05. The summed E-state index contributed by atoms with van der Waals surface area (Å²) in [4.78, 5) is 0. The summed E-state index contributed by atoms with van der Waals surface area (Å²) in [7, 11) is -0.433. The first-order valence-electron chi connectivity index (χ1n) is 4.08. The van der Waals surface area contributed by atoms with Crippen LogP contribution in [0.1, 0.15) is 0 Å². The Bertz CT molecular complexity index is 518. The van der Waals surface area contributed by atoms with Gasteiger partial charge in [-0.15, -0.1) is 0 Å². The van der Waals surface area contributed by atoms with E-state index < -0.39 is 7.55 Å². The zero-order valence-electron chi connectivity index (χ0n) is 7.82. The van der Waals surface area contributed by atoms with Gasteiger partial charge < -0.3 is 16.0 Å². The number of benzene rings is 1. The first kappa shape index (κ1) is 9.03. The predicted molar refractivity (Wildman–Crippen MR) is 62.4 cm³/mol. The number of nitrogens with two attached hydrogens (primary N) is 2. The highest BCUT2D eigenvalue weighted by Gasteiger charge is 2.14. The van der Waals surface area contributed by atoms with Crippen molar-refractivity contribution in [1.29, 1.82) is 0 Å². The molecule has 2 aromatic rings. The van der Waals surface area contributed by atoms with Crippen molar-refractivity contribution in [1.82, 2.24) is 5.16 Å². The average molecular weight is 208 g/mol. The molecule has 0 saturated heterocycles. The fourth-order valence-corrected chi connectivity index (χ4v) is 2.00. The lowest BCUT2D eigenvalue weighted by atomic mass is 10.2. The van der Waals surface area contributed by atoms with Crippen LogP contribution >= 0.6 is 7.55 Å². The molecule has 0 bridgehead atoms. The molecule has 4 nitrogen and oxygen atoms in total. The number of aromatic nitrogens is 1. The molecule has 0 fully saturated rings. The molecule has 0 radical (unpaired) electrons. The second-order valence-electron chi connectivity index (χ2n) is 3.18. The molecule has 14 heavy (non-hydrogen) atoms. The average Bonchev–Trinajstić information content (AvgIpc) is 2.48. The number of nitrogens with zero attached hydrogens (tertiary/aromatic N) is 1. The molecule has 1 atom stereocenters. The molecule has 1 unspecified atom stereocenters. The monoisotopic (exact) mass is 208 g/mol. The lowest BCUT2D eigenvalue weighted by Crippen LogP contribution is -1.99. The number of nitrogen functional groups attached to an aromatic ring is 2. The Labute approximate surface area is 82.2 Å². The fraction of sp³-hybridized carbons (Fsp3) is 0.111. The molecule has 2 rings (SSSR count). The molecule has 1 heterocycles. The molecular weight excluding hydrogens is 197 g/mol. The van der Waals surface area contributed by atoms with Crippen molar-refractivity contribution >= 4 is 41.6 Å². The lowest BCUT2D eigenvalue weighted by molar-refractivity contribution is 0.461. The number of rotatable bonds is 1. The Kier molecular flexibility index (Phi) is 1.93. The third-order valence-electron chi connectivity index (χ3n) is 2.05. The van der Waals surface area contributed by atoms with Crippen molar-refractivity contribution in [2.45, 2.75) is 0 Å². The zero-order valence-corrected chi connectivity index (χ0v) is 8.71. The third-order valence-corrected chi connectivity index (χ3v) is 3.19. The Morgan fingerprint density at radius 1 is 1.43 bits per heavy atom. The summed E-state index contributed by atoms with van der Waals surface area (Å²) in [5.74, 6) is 0.380. The molecule has 0 spiro atoms. The number of fused-ring (bicyclic) bond motifs is 1. The third kappa shape index (κ3) is 1.24. The maximum Gasteiger partial charge on any atom is 0.192 e. The van der Waals surface area contributed by atoms with Crippen LogP contribution in [-0.4, -0.2) is 18.1 Å². The minimum absolute atomic E-state index is 0.380. The summed E-state index contributed by atoms with van der Waals surface area (Å²) >= 11 is 0. The van der Waals surface area contributed by atoms with Gasteiger partial charge in [-0.3, -0.25) is 0 Å². The van der Waals surface area contributed by atoms with Gasteiger partial charge in [0.1, 0.15) is 14.2 Å². The predicted octanol–water partition coefficient (Wildman–Crippen LogP) is 1.16. The van der Waals surface area contributed by atoms with Crippen LogP contribution in [0.5, 0.6) is 0 Å². The molecule has 0 aliphatic carbocycles. The highest BCUT2D eigenvalue weighted by atomic mass is 31.1. The van der Waals surface area contributed by atoms with Crippen molar-refractivity contribution in [3.8, 4) is 0 Å². The van der Waals surface area contributed by atoms with Crippen LogP contribution in [0.25, 0.3) is 11.0 Å². The highest BCUT2D eigenvalue weighted by Crippen LogP contribution is 2.27. The first-order chi connectivity index (χ1) is 6.59. The Morgan fingerprint density at radius 3 is 2.79 bits per heavy atom. The molecule has 0 aliphatic heterocycles. The van der Waals surface area contributed by atoms with Gasteiger partial charge in [-0.05, 0) is 0 Å². The van der Waals surface area contributed by atoms with Gasteiger partial charge in [0, 0.05) is 12.1 Å². The van der Waals surface area contributed by atoms with Gasteiger partial charge in [-0.2, -0.15) is 0 Å². The second kappa shape index (κ2) is 3.00. The maximum atomic E-state index is 5.80. The molecule has 72 valence electrons. The fourth-order valence-electron chi connectivity index (χ4n) is 1.29. The Hall–Kier alpha value is -1.54. The van der Waals surface area contributed by atoms with Crippen LogP contribution < -0.4 is 16.8 Å². The van der Waals surface area contributed by atoms with E-state index in [1.54, 1.807) is 0 Å². The molecule has 1 aromatic carbocycles. The van der Waals surface area contributed by atoms with E-state index in [1.807, 2.05) is 12.1 Å². The number of anilines is 2. The van der Waals surface area contributed by atoms with Crippen molar-refractivity contribution in [2.24, 2.45) is 0 Å². The van der Waals surface area contributed by atoms with Gasteiger partial charge in [0.2, 0.25) is 0 Å². The smallest absolute Gasteiger partial charge is 0.192 e. The van der Waals surface area contributed by atoms with Crippen molar-refractivity contribution in [3.63, 3.8) is 0 Å². The van der Waals surface area contributed by atoms with E-state index in [9.17, 15) is 0 Å². The maximum absolute atomic E-state index is 5.80. The van der Waals surface area contributed by atoms with E-state index in [0.29, 0.717) is 17.1 Å². The van der Waals surface area contributed by atoms with Crippen LogP contribution in [0.2, 0.25) is 0 Å². The molecule has 5 heteroatoms. The number of hydrogen-bond acceptors (Lipinski definition) is 4. The Balaban J connectivity index is 2.82. The Morgan fingerprint density at radius 2 is 2.14 bits per heavy atom. The minimum Gasteiger partial charge on any atom is -0.395 e. The highest BCUT2D eigenvalue weighted by molar-refractivity contribution is 7.62. The molecular formula is C9H11N3OP+. The van der Waals surface area contributed by atoms with E-state index in [1.165, 1.54) is 0 Å². The molecule has 0 amide bonds. The van der Waals surface area contributed by atoms with Crippen molar-refractivity contribution in [2.75, 3.05) is 18.1 Å². The standard InChI is InChI=1S/C9H11N3OP/c1-14(2)5-3-6-8(7(10)4-5)13-12-9(6)11/h3-4H,1,10H2,2H3,(H2,11,12)/q+1. The van der Waals surface area contributed by atoms with Crippen molar-refractivity contribution < 1.29 is 4.52 Å². The normalized spacial score (nSPS) is 11.9. The van der Waals surface area contributed by atoms with Gasteiger partial charge in [-0.1, -0.05) is 5.16 Å². The minimum atomic E-state index is -0.433. The van der Waals surface area contributed by atoms with E-state index in [4.69, 9.17) is 16.0 Å². The molecule has 0 aliphatic rings. The van der Waals surface area contributed by atoms with Crippen LogP contribution in [0.3, 0.4) is 0 Å². The number of hydrogen-bond donors (Lipinski definition) is 2. The van der Waals surface area contributed by atoms with Gasteiger partial charge in [0.15, 0.2) is 16.7 Å². The van der Waals surface area contributed by atoms with Gasteiger partial charge in [0.05, 0.1) is 17.4 Å². The van der Waals surface area contributed by atoms with E-state index in [-0.39, 0.29) is 0 Å². The quantitative estimate of drug-likeness (QED) is 0.544. The van der Waals surface area contributed by atoms with Gasteiger partial charge in [-0.25, -0.2) is 0 Å². The summed E-state index contributed by atoms with van der Waals surface area (Å²) in [6.07, 6.45) is 3.99. The SMILES string of the molecule is C=[P+](C)c1cc(N)c2onc(N)c2c1. The zero-order chi connectivity index (χ0) is 10.3. The van der Waals surface area contributed by atoms with Crippen LogP contribution in [0.15, 0.2) is 16.7 Å². The molecule has 4 N–H and O–H groups in total. The molecule has 0 saturated carbocycles. The van der Waals surface area contributed by atoms with Gasteiger partial charge >= 0.3 is 0 Å². The largest absolute Gasteiger partial charge is 0.395 e. The molecule has 1 aromatic heterocycles. The van der Waals surface area contributed by atoms with Crippen molar-refractivity contribution in [3.05, 3.63) is 12.1 Å². The van der Waals surface area contributed by atoms with Crippen LogP contribution in [0.4, 0.5) is 11.5 Å². The van der Waals surface area contributed by atoms with Crippen LogP contribution in [-0.2, 0) is 0 Å². The summed E-state index contributed by atoms with van der Waals surface area (Å²) < 4.78 is 5.00. The van der Waals surface area contributed by atoms with Gasteiger partial charge in [0.25, 0.3) is 0 Å². The summed E-state index contributed by atoms with van der Waals surface area (Å²) in [6, 6.07) is 3.81. The topological polar surface area (TPSA) is 78.1 Å². The summed E-state index contributed by atoms with van der Waals surface area (Å²) in [6.45, 7) is 2.06. The van der Waals surface area contributed by atoms with E-state index >= 15 is 0 Å².